The van der Waals surface area contributed by atoms with E-state index >= 15 is 0 Å². The number of nitrogens with one attached hydrogen (secondary N) is 1. The second-order valence-corrected chi connectivity index (χ2v) is 5.53. The Hall–Kier alpha value is -2.82. The van der Waals surface area contributed by atoms with E-state index in [1.165, 1.54) is 4.90 Å². The van der Waals surface area contributed by atoms with Crippen molar-refractivity contribution in [1.29, 1.82) is 0 Å². The summed E-state index contributed by atoms with van der Waals surface area (Å²) in [6.45, 7) is 1.96. The summed E-state index contributed by atoms with van der Waals surface area (Å²) in [5.74, 6) is 0.324. The van der Waals surface area contributed by atoms with Crippen LogP contribution in [0.2, 0.25) is 0 Å². The molecule has 0 radical (unpaired) electrons. The Morgan fingerprint density at radius 2 is 1.70 bits per heavy atom. The minimum absolute atomic E-state index is 0.152. The number of methoxy groups -OCH3 is 1. The van der Waals surface area contributed by atoms with E-state index in [0.717, 1.165) is 17.0 Å². The van der Waals surface area contributed by atoms with E-state index < -0.39 is 6.04 Å². The van der Waals surface area contributed by atoms with Crippen molar-refractivity contribution in [3.8, 4) is 5.75 Å². The van der Waals surface area contributed by atoms with Crippen LogP contribution in [-0.4, -0.2) is 25.0 Å². The molecule has 0 aromatic heterocycles. The van der Waals surface area contributed by atoms with Crippen molar-refractivity contribution in [2.45, 2.75) is 19.4 Å². The first kappa shape index (κ1) is 15.1. The molecule has 5 nitrogen and oxygen atoms in total. The molecule has 0 spiro atoms. The van der Waals surface area contributed by atoms with Gasteiger partial charge in [-0.2, -0.15) is 0 Å². The Morgan fingerprint density at radius 1 is 1.04 bits per heavy atom. The van der Waals surface area contributed by atoms with E-state index in [4.69, 9.17) is 4.74 Å². The van der Waals surface area contributed by atoms with Crippen LogP contribution in [0, 0.1) is 6.92 Å². The molecule has 0 bridgehead atoms. The van der Waals surface area contributed by atoms with Crippen LogP contribution >= 0.6 is 0 Å². The van der Waals surface area contributed by atoms with Gasteiger partial charge in [0.05, 0.1) is 19.2 Å². The Balaban J connectivity index is 1.76. The molecule has 0 aliphatic carbocycles. The molecule has 2 aromatic carbocycles. The number of hydrogen-bond donors (Lipinski definition) is 1. The van der Waals surface area contributed by atoms with Crippen LogP contribution in [0.5, 0.6) is 5.75 Å². The smallest absolute Gasteiger partial charge is 0.256 e. The molecular formula is C18H18N2O3. The molecule has 1 saturated heterocycles. The highest BCUT2D eigenvalue weighted by Crippen LogP contribution is 2.25. The predicted molar refractivity (Wildman–Crippen MR) is 88.7 cm³/mol. The molecule has 5 heteroatoms. The van der Waals surface area contributed by atoms with Gasteiger partial charge in [0, 0.05) is 5.69 Å². The first-order valence-corrected chi connectivity index (χ1v) is 7.42. The van der Waals surface area contributed by atoms with Gasteiger partial charge in [0.2, 0.25) is 5.91 Å². The lowest BCUT2D eigenvalue weighted by molar-refractivity contribution is -0.121. The van der Waals surface area contributed by atoms with Crippen molar-refractivity contribution in [3.05, 3.63) is 54.1 Å². The predicted octanol–water partition coefficient (Wildman–Crippen LogP) is 2.75. The van der Waals surface area contributed by atoms with Crippen LogP contribution in [0.1, 0.15) is 12.0 Å². The van der Waals surface area contributed by atoms with E-state index in [-0.39, 0.29) is 18.2 Å². The molecule has 1 aliphatic rings. The SMILES string of the molecule is COc1ccc(N[C@H]2CC(=O)N(c3ccc(C)cc3)C2=O)cc1. The molecule has 1 fully saturated rings. The molecule has 0 saturated carbocycles. The number of anilines is 2. The van der Waals surface area contributed by atoms with Gasteiger partial charge in [0.1, 0.15) is 11.8 Å². The molecule has 1 atom stereocenters. The van der Waals surface area contributed by atoms with Crippen LogP contribution < -0.4 is 15.0 Å². The number of carbonyl (C=O) groups excluding carboxylic acids is 2. The highest BCUT2D eigenvalue weighted by Gasteiger charge is 2.39. The molecular weight excluding hydrogens is 292 g/mol. The number of amides is 2. The summed E-state index contributed by atoms with van der Waals surface area (Å²) in [6, 6.07) is 14.1. The number of imide groups is 1. The van der Waals surface area contributed by atoms with Crippen molar-refractivity contribution in [2.75, 3.05) is 17.3 Å². The molecule has 23 heavy (non-hydrogen) atoms. The van der Waals surface area contributed by atoms with Gasteiger partial charge in [0.15, 0.2) is 0 Å². The highest BCUT2D eigenvalue weighted by atomic mass is 16.5. The fourth-order valence-electron chi connectivity index (χ4n) is 2.60. The van der Waals surface area contributed by atoms with E-state index in [1.54, 1.807) is 31.4 Å². The van der Waals surface area contributed by atoms with Crippen LogP contribution in [0.15, 0.2) is 48.5 Å². The third-order valence-corrected chi connectivity index (χ3v) is 3.87. The topological polar surface area (TPSA) is 58.6 Å². The summed E-state index contributed by atoms with van der Waals surface area (Å²) in [7, 11) is 1.60. The van der Waals surface area contributed by atoms with Crippen LogP contribution in [0.25, 0.3) is 0 Å². The third kappa shape index (κ3) is 3.04. The average Bonchev–Trinajstić information content (AvgIpc) is 2.83. The molecule has 118 valence electrons. The lowest BCUT2D eigenvalue weighted by atomic mass is 10.2. The van der Waals surface area contributed by atoms with Crippen molar-refractivity contribution in [2.24, 2.45) is 0 Å². The number of benzene rings is 2. The number of aryl methyl sites for hydroxylation is 1. The highest BCUT2D eigenvalue weighted by molar-refractivity contribution is 6.23. The van der Waals surface area contributed by atoms with Gasteiger partial charge in [-0.25, -0.2) is 4.90 Å². The first-order chi connectivity index (χ1) is 11.1. The number of ether oxygens (including phenoxy) is 1. The maximum atomic E-state index is 12.5. The van der Waals surface area contributed by atoms with Crippen molar-refractivity contribution < 1.29 is 14.3 Å². The standard InChI is InChI=1S/C18H18N2O3/c1-12-3-7-14(8-4-12)20-17(21)11-16(18(20)22)19-13-5-9-15(23-2)10-6-13/h3-10,16,19H,11H2,1-2H3/t16-/m0/s1. The normalized spacial score (nSPS) is 17.5. The lowest BCUT2D eigenvalue weighted by Gasteiger charge is -2.16. The zero-order valence-corrected chi connectivity index (χ0v) is 13.1. The third-order valence-electron chi connectivity index (χ3n) is 3.87. The molecule has 1 aliphatic heterocycles. The summed E-state index contributed by atoms with van der Waals surface area (Å²) in [6.07, 6.45) is 0.152. The van der Waals surface area contributed by atoms with Gasteiger partial charge in [-0.05, 0) is 43.3 Å². The minimum atomic E-state index is -0.544. The number of rotatable bonds is 4. The molecule has 2 amide bonds. The average molecular weight is 310 g/mol. The fourth-order valence-corrected chi connectivity index (χ4v) is 2.60. The van der Waals surface area contributed by atoms with Crippen molar-refractivity contribution in [3.63, 3.8) is 0 Å². The van der Waals surface area contributed by atoms with Crippen molar-refractivity contribution in [1.82, 2.24) is 0 Å². The Labute approximate surface area is 134 Å². The minimum Gasteiger partial charge on any atom is -0.497 e. The summed E-state index contributed by atoms with van der Waals surface area (Å²) in [5.41, 5.74) is 2.48. The van der Waals surface area contributed by atoms with Gasteiger partial charge >= 0.3 is 0 Å². The second kappa shape index (κ2) is 6.12. The van der Waals surface area contributed by atoms with Crippen LogP contribution in [-0.2, 0) is 9.59 Å². The Bertz CT molecular complexity index is 723. The largest absolute Gasteiger partial charge is 0.497 e. The van der Waals surface area contributed by atoms with E-state index in [1.807, 2.05) is 31.2 Å². The molecule has 0 unspecified atom stereocenters. The van der Waals surface area contributed by atoms with Gasteiger partial charge in [-0.15, -0.1) is 0 Å². The first-order valence-electron chi connectivity index (χ1n) is 7.42. The summed E-state index contributed by atoms with van der Waals surface area (Å²) >= 11 is 0. The molecule has 2 aromatic rings. The summed E-state index contributed by atoms with van der Waals surface area (Å²) < 4.78 is 5.10. The zero-order valence-electron chi connectivity index (χ0n) is 13.1. The van der Waals surface area contributed by atoms with E-state index in [2.05, 4.69) is 5.32 Å². The van der Waals surface area contributed by atoms with Gasteiger partial charge in [-0.3, -0.25) is 9.59 Å². The summed E-state index contributed by atoms with van der Waals surface area (Å²) in [5, 5.41) is 3.12. The Kier molecular flexibility index (Phi) is 4.02. The maximum Gasteiger partial charge on any atom is 0.256 e. The quantitative estimate of drug-likeness (QED) is 0.882. The number of carbonyl (C=O) groups is 2. The molecule has 1 heterocycles. The monoisotopic (exact) mass is 310 g/mol. The van der Waals surface area contributed by atoms with Crippen LogP contribution in [0.4, 0.5) is 11.4 Å². The zero-order chi connectivity index (χ0) is 16.4. The Morgan fingerprint density at radius 3 is 2.30 bits per heavy atom. The molecule has 3 rings (SSSR count). The van der Waals surface area contributed by atoms with E-state index in [0.29, 0.717) is 5.69 Å². The van der Waals surface area contributed by atoms with Gasteiger partial charge < -0.3 is 10.1 Å². The van der Waals surface area contributed by atoms with Gasteiger partial charge in [-0.1, -0.05) is 17.7 Å². The van der Waals surface area contributed by atoms with Crippen molar-refractivity contribution >= 4 is 23.2 Å². The van der Waals surface area contributed by atoms with Crippen LogP contribution in [0.3, 0.4) is 0 Å². The summed E-state index contributed by atoms with van der Waals surface area (Å²) in [4.78, 5) is 26.0. The van der Waals surface area contributed by atoms with Gasteiger partial charge in [0.25, 0.3) is 5.91 Å². The number of nitrogens with zero attached hydrogens (tertiary/aromatic N) is 1. The maximum absolute atomic E-state index is 12.5. The molecule has 1 N–H and O–H groups in total. The lowest BCUT2D eigenvalue weighted by Crippen LogP contribution is -2.34. The number of hydrogen-bond acceptors (Lipinski definition) is 4. The van der Waals surface area contributed by atoms with E-state index in [9.17, 15) is 9.59 Å². The second-order valence-electron chi connectivity index (χ2n) is 5.53. The fraction of sp³-hybridized carbons (Fsp3) is 0.222.